The third-order valence-electron chi connectivity index (χ3n) is 7.31. The van der Waals surface area contributed by atoms with Crippen molar-refractivity contribution in [2.75, 3.05) is 40.1 Å². The molecule has 2 aliphatic rings. The van der Waals surface area contributed by atoms with Crippen LogP contribution in [0.15, 0.2) is 24.3 Å². The Hall–Kier alpha value is -2.21. The van der Waals surface area contributed by atoms with Crippen LogP contribution in [-0.4, -0.2) is 61.8 Å². The van der Waals surface area contributed by atoms with Crippen molar-refractivity contribution >= 4 is 5.91 Å². The highest BCUT2D eigenvalue weighted by Crippen LogP contribution is 2.46. The van der Waals surface area contributed by atoms with Crippen molar-refractivity contribution < 1.29 is 19.0 Å². The molecule has 0 N–H and O–H groups in total. The smallest absolute Gasteiger partial charge is 0.236 e. The van der Waals surface area contributed by atoms with Crippen LogP contribution in [0.2, 0.25) is 0 Å². The molecule has 3 rings (SSSR count). The zero-order chi connectivity index (χ0) is 25.4. The summed E-state index contributed by atoms with van der Waals surface area (Å²) in [6, 6.07) is 4.53. The van der Waals surface area contributed by atoms with E-state index in [0.29, 0.717) is 24.3 Å². The van der Waals surface area contributed by atoms with Crippen molar-refractivity contribution in [2.24, 2.45) is 5.41 Å². The van der Waals surface area contributed by atoms with Crippen molar-refractivity contribution in [3.63, 3.8) is 0 Å². The van der Waals surface area contributed by atoms with E-state index < -0.39 is 0 Å². The lowest BCUT2D eigenvalue weighted by Crippen LogP contribution is -2.44. The van der Waals surface area contributed by atoms with E-state index in [1.165, 1.54) is 5.56 Å². The van der Waals surface area contributed by atoms with Gasteiger partial charge in [0.25, 0.3) is 0 Å². The van der Waals surface area contributed by atoms with Gasteiger partial charge in [-0.25, -0.2) is 0 Å². The van der Waals surface area contributed by atoms with E-state index in [9.17, 15) is 4.79 Å². The third-order valence-corrected chi connectivity index (χ3v) is 7.31. The van der Waals surface area contributed by atoms with Crippen molar-refractivity contribution in [3.05, 3.63) is 29.8 Å². The van der Waals surface area contributed by atoms with Gasteiger partial charge in [0.05, 0.1) is 13.7 Å². The van der Waals surface area contributed by atoms with E-state index in [0.717, 1.165) is 69.7 Å². The van der Waals surface area contributed by atoms with Crippen molar-refractivity contribution in [1.29, 1.82) is 0 Å². The van der Waals surface area contributed by atoms with Gasteiger partial charge in [-0.05, 0) is 61.6 Å². The lowest BCUT2D eigenvalue weighted by molar-refractivity contribution is -0.133. The molecule has 1 aromatic rings. The van der Waals surface area contributed by atoms with Crippen LogP contribution in [0.25, 0.3) is 0 Å². The molecule has 35 heavy (non-hydrogen) atoms. The molecular formula is C29H46N2O4. The van der Waals surface area contributed by atoms with Crippen LogP contribution in [0.1, 0.15) is 84.6 Å². The molecule has 0 unspecified atom stereocenters. The monoisotopic (exact) mass is 486 g/mol. The number of ether oxygens (including phenoxy) is 3. The maximum Gasteiger partial charge on any atom is 0.236 e. The van der Waals surface area contributed by atoms with Crippen LogP contribution in [0, 0.1) is 5.41 Å². The fraction of sp³-hybridized carbons (Fsp3) is 0.690. The van der Waals surface area contributed by atoms with E-state index in [1.54, 1.807) is 7.11 Å². The van der Waals surface area contributed by atoms with Gasteiger partial charge in [-0.15, -0.1) is 0 Å². The molecule has 0 spiro atoms. The summed E-state index contributed by atoms with van der Waals surface area (Å²) in [5.41, 5.74) is 1.27. The Labute approximate surface area is 212 Å². The number of unbranched alkanes of at least 4 members (excludes halogenated alkanes) is 2. The van der Waals surface area contributed by atoms with Gasteiger partial charge in [-0.3, -0.25) is 9.69 Å². The second kappa shape index (κ2) is 12.7. The molecule has 2 atom stereocenters. The average Bonchev–Trinajstić information content (AvgIpc) is 3.45. The maximum absolute atomic E-state index is 13.5. The number of methoxy groups -OCH3 is 1. The molecular weight excluding hydrogens is 440 g/mol. The number of hydrogen-bond acceptors (Lipinski definition) is 5. The summed E-state index contributed by atoms with van der Waals surface area (Å²) in [5, 5.41) is 0. The van der Waals surface area contributed by atoms with Gasteiger partial charge in [-0.2, -0.15) is 0 Å². The summed E-state index contributed by atoms with van der Waals surface area (Å²) in [4.78, 5) is 18.0. The molecule has 6 heteroatoms. The molecule has 0 aliphatic carbocycles. The third kappa shape index (κ3) is 7.16. The zero-order valence-electron chi connectivity index (χ0n) is 22.8. The number of amides is 1. The van der Waals surface area contributed by atoms with Crippen molar-refractivity contribution in [2.45, 2.75) is 85.1 Å². The van der Waals surface area contributed by atoms with Gasteiger partial charge in [0.15, 0.2) is 11.5 Å². The predicted octanol–water partition coefficient (Wildman–Crippen LogP) is 6.00. The average molecular weight is 487 g/mol. The highest BCUT2D eigenvalue weighted by molar-refractivity contribution is 5.78. The quantitative estimate of drug-likeness (QED) is 0.320. The molecule has 1 amide bonds. The summed E-state index contributed by atoms with van der Waals surface area (Å²) in [6.07, 6.45) is 10.8. The number of fused-ring (bicyclic) bond motifs is 1. The van der Waals surface area contributed by atoms with E-state index in [-0.39, 0.29) is 18.1 Å². The van der Waals surface area contributed by atoms with Crippen LogP contribution in [-0.2, 0) is 4.79 Å². The SMILES string of the molecule is C/C=C/C(C)(C)C[C@H]1C[C@H](c2cc(OC)c3c(c2)OCO3)CN1CC(=O)N(CCCC)CCCC. The summed E-state index contributed by atoms with van der Waals surface area (Å²) in [7, 11) is 1.67. The topological polar surface area (TPSA) is 51.2 Å². The molecule has 6 nitrogen and oxygen atoms in total. The van der Waals surface area contributed by atoms with E-state index in [2.05, 4.69) is 68.7 Å². The minimum atomic E-state index is 0.0757. The summed E-state index contributed by atoms with van der Waals surface area (Å²) < 4.78 is 16.9. The molecule has 0 saturated carbocycles. The van der Waals surface area contributed by atoms with Crippen molar-refractivity contribution in [3.8, 4) is 17.2 Å². The number of allylic oxidation sites excluding steroid dienone is 2. The molecule has 0 radical (unpaired) electrons. The summed E-state index contributed by atoms with van der Waals surface area (Å²) >= 11 is 0. The molecule has 196 valence electrons. The highest BCUT2D eigenvalue weighted by atomic mass is 16.7. The van der Waals surface area contributed by atoms with Gasteiger partial charge in [0.2, 0.25) is 18.4 Å². The Balaban J connectivity index is 1.81. The van der Waals surface area contributed by atoms with Gasteiger partial charge in [0.1, 0.15) is 0 Å². The molecule has 0 aromatic heterocycles. The Kier molecular flexibility index (Phi) is 9.90. The molecule has 2 heterocycles. The number of likely N-dealkylation sites (tertiary alicyclic amines) is 1. The standard InChI is InChI=1S/C29H46N2O4/c1-7-10-13-30(14-11-8-2)27(32)20-31-19-23(15-24(31)18-29(4,5)12-9-3)22-16-25(33-6)28-26(17-22)34-21-35-28/h9,12,16-17,23-24H,7-8,10-11,13-15,18-21H2,1-6H3/b12-9+/t23-,24+/m0/s1. The first-order valence-electron chi connectivity index (χ1n) is 13.4. The van der Waals surface area contributed by atoms with Crippen LogP contribution < -0.4 is 14.2 Å². The minimum Gasteiger partial charge on any atom is -0.493 e. The van der Waals surface area contributed by atoms with E-state index >= 15 is 0 Å². The Bertz CT molecular complexity index is 858. The van der Waals surface area contributed by atoms with Gasteiger partial charge >= 0.3 is 0 Å². The molecule has 1 saturated heterocycles. The van der Waals surface area contributed by atoms with Crippen LogP contribution in [0.5, 0.6) is 17.2 Å². The van der Waals surface area contributed by atoms with Gasteiger partial charge in [0, 0.05) is 25.7 Å². The summed E-state index contributed by atoms with van der Waals surface area (Å²) in [6.45, 7) is 14.3. The number of carbonyl (C=O) groups excluding carboxylic acids is 1. The Morgan fingerprint density at radius 3 is 2.54 bits per heavy atom. The Morgan fingerprint density at radius 1 is 1.20 bits per heavy atom. The fourth-order valence-electron chi connectivity index (χ4n) is 5.48. The first-order valence-corrected chi connectivity index (χ1v) is 13.4. The van der Waals surface area contributed by atoms with Crippen LogP contribution in [0.3, 0.4) is 0 Å². The largest absolute Gasteiger partial charge is 0.493 e. The van der Waals surface area contributed by atoms with Gasteiger partial charge < -0.3 is 19.1 Å². The molecule has 1 fully saturated rings. The lowest BCUT2D eigenvalue weighted by Gasteiger charge is -2.32. The van der Waals surface area contributed by atoms with Crippen molar-refractivity contribution in [1.82, 2.24) is 9.80 Å². The van der Waals surface area contributed by atoms with E-state index in [4.69, 9.17) is 14.2 Å². The normalized spacial score (nSPS) is 20.1. The predicted molar refractivity (Wildman–Crippen MR) is 141 cm³/mol. The number of rotatable bonds is 13. The second-order valence-electron chi connectivity index (χ2n) is 10.8. The fourth-order valence-corrected chi connectivity index (χ4v) is 5.48. The minimum absolute atomic E-state index is 0.0757. The zero-order valence-corrected chi connectivity index (χ0v) is 22.8. The highest BCUT2D eigenvalue weighted by Gasteiger charge is 2.38. The second-order valence-corrected chi connectivity index (χ2v) is 10.8. The molecule has 1 aromatic carbocycles. The number of hydrogen-bond donors (Lipinski definition) is 0. The molecule has 2 aliphatic heterocycles. The maximum atomic E-state index is 13.5. The van der Waals surface area contributed by atoms with E-state index in [1.807, 2.05) is 0 Å². The van der Waals surface area contributed by atoms with Crippen LogP contribution >= 0.6 is 0 Å². The van der Waals surface area contributed by atoms with Crippen LogP contribution in [0.4, 0.5) is 0 Å². The Morgan fingerprint density at radius 2 is 1.91 bits per heavy atom. The lowest BCUT2D eigenvalue weighted by atomic mass is 9.83. The number of nitrogens with zero attached hydrogens (tertiary/aromatic N) is 2. The number of carbonyl (C=O) groups is 1. The first kappa shape index (κ1) is 27.4. The number of benzene rings is 1. The molecule has 0 bridgehead atoms. The summed E-state index contributed by atoms with van der Waals surface area (Å²) in [5.74, 6) is 2.75. The first-order chi connectivity index (χ1) is 16.8. The van der Waals surface area contributed by atoms with Gasteiger partial charge in [-0.1, -0.05) is 52.7 Å².